The average Bonchev–Trinajstić information content (AvgIpc) is 2.85. The molecule has 1 heterocycles. The van der Waals surface area contributed by atoms with Crippen LogP contribution < -0.4 is 10.6 Å². The summed E-state index contributed by atoms with van der Waals surface area (Å²) >= 11 is 12.3. The van der Waals surface area contributed by atoms with Crippen LogP contribution in [-0.2, 0) is 0 Å². The van der Waals surface area contributed by atoms with Crippen LogP contribution in [0.4, 0.5) is 0 Å². The Morgan fingerprint density at radius 3 is 2.61 bits per heavy atom. The van der Waals surface area contributed by atoms with E-state index < -0.39 is 0 Å². The number of halogens is 3. The first-order valence-corrected chi connectivity index (χ1v) is 8.68. The maximum absolute atomic E-state index is 6.34. The molecule has 0 aliphatic carbocycles. The van der Waals surface area contributed by atoms with Crippen LogP contribution in [0.15, 0.2) is 18.2 Å². The highest BCUT2D eigenvalue weighted by atomic mass is 127. The molecule has 23 heavy (non-hydrogen) atoms. The van der Waals surface area contributed by atoms with E-state index in [4.69, 9.17) is 23.2 Å². The molecule has 2 atom stereocenters. The normalized spacial score (nSPS) is 21.7. The van der Waals surface area contributed by atoms with E-state index in [1.165, 1.54) is 0 Å². The van der Waals surface area contributed by atoms with Gasteiger partial charge in [0.1, 0.15) is 6.29 Å². The zero-order valence-corrected chi connectivity index (χ0v) is 17.8. The Hall–Kier alpha value is 0.370. The first-order chi connectivity index (χ1) is 10.6. The lowest BCUT2D eigenvalue weighted by Gasteiger charge is -2.27. The van der Waals surface area contributed by atoms with Crippen LogP contribution in [0.25, 0.3) is 0 Å². The summed E-state index contributed by atoms with van der Waals surface area (Å²) in [7, 11) is 2.12. The van der Waals surface area contributed by atoms with E-state index >= 15 is 0 Å². The van der Waals surface area contributed by atoms with Crippen molar-refractivity contribution in [1.82, 2.24) is 20.4 Å². The van der Waals surface area contributed by atoms with Crippen molar-refractivity contribution in [2.45, 2.75) is 26.2 Å². The van der Waals surface area contributed by atoms with E-state index in [1.54, 1.807) is 0 Å². The Bertz CT molecular complexity index is 485. The molecule has 0 spiro atoms. The van der Waals surface area contributed by atoms with Gasteiger partial charge in [-0.2, -0.15) is 0 Å². The van der Waals surface area contributed by atoms with E-state index in [0.717, 1.165) is 43.3 Å². The maximum Gasteiger partial charge on any atom is 0.114 e. The molecule has 7 heteroatoms. The summed E-state index contributed by atoms with van der Waals surface area (Å²) in [6.45, 7) is 9.48. The zero-order valence-electron chi connectivity index (χ0n) is 14.0. The second kappa shape index (κ2) is 10.4. The lowest BCUT2D eigenvalue weighted by molar-refractivity contribution is 0.192. The second-order valence-electron chi connectivity index (χ2n) is 5.64. The van der Waals surface area contributed by atoms with Gasteiger partial charge in [0.25, 0.3) is 0 Å². The van der Waals surface area contributed by atoms with Gasteiger partial charge in [-0.25, -0.2) is 0 Å². The third-order valence-corrected chi connectivity index (χ3v) is 4.95. The average molecular weight is 473 g/mol. The fraction of sp³-hybridized carbons (Fsp3) is 0.625. The Morgan fingerprint density at radius 2 is 2.00 bits per heavy atom. The summed E-state index contributed by atoms with van der Waals surface area (Å²) in [4.78, 5) is 4.70. The van der Waals surface area contributed by atoms with Crippen molar-refractivity contribution in [3.8, 4) is 0 Å². The number of hydrogen-bond acceptors (Lipinski definition) is 4. The minimum Gasteiger partial charge on any atom is -0.303 e. The highest BCUT2D eigenvalue weighted by Crippen LogP contribution is 2.31. The third kappa shape index (κ3) is 5.70. The van der Waals surface area contributed by atoms with Gasteiger partial charge in [0, 0.05) is 29.7 Å². The summed E-state index contributed by atoms with van der Waals surface area (Å²) in [5.74, 6) is 0. The van der Waals surface area contributed by atoms with Crippen LogP contribution in [0.1, 0.15) is 25.5 Å². The molecular weight excluding hydrogens is 446 g/mol. The Kier molecular flexibility index (Phi) is 9.66. The van der Waals surface area contributed by atoms with Gasteiger partial charge in [0.15, 0.2) is 0 Å². The summed E-state index contributed by atoms with van der Waals surface area (Å²) in [5, 5.41) is 8.48. The topological polar surface area (TPSA) is 30.5 Å². The van der Waals surface area contributed by atoms with Gasteiger partial charge in [-0.1, -0.05) is 43.1 Å². The fourth-order valence-electron chi connectivity index (χ4n) is 2.91. The van der Waals surface area contributed by atoms with Crippen molar-refractivity contribution in [3.05, 3.63) is 33.8 Å². The molecule has 2 unspecified atom stereocenters. The van der Waals surface area contributed by atoms with Crippen molar-refractivity contribution in [2.24, 2.45) is 0 Å². The van der Waals surface area contributed by atoms with E-state index in [2.05, 4.69) is 41.3 Å². The maximum atomic E-state index is 6.34. The third-order valence-electron chi connectivity index (χ3n) is 4.39. The summed E-state index contributed by atoms with van der Waals surface area (Å²) in [5.41, 5.74) is 1.12. The Labute approximate surface area is 166 Å². The molecule has 1 fully saturated rings. The molecule has 1 saturated heterocycles. The van der Waals surface area contributed by atoms with Gasteiger partial charge in [-0.3, -0.25) is 15.5 Å². The number of rotatable bonds is 7. The van der Waals surface area contributed by atoms with Crippen LogP contribution in [0.3, 0.4) is 0 Å². The monoisotopic (exact) mass is 472 g/mol. The van der Waals surface area contributed by atoms with Gasteiger partial charge in [0.05, 0.1) is 6.04 Å². The SMILES string of the molecule is CCN(CC)CCNC1NCC(c2ccc(Cl)cc2Cl)N1C.I. The Balaban J connectivity index is 0.00000264. The van der Waals surface area contributed by atoms with Gasteiger partial charge < -0.3 is 4.90 Å². The highest BCUT2D eigenvalue weighted by Gasteiger charge is 2.31. The van der Waals surface area contributed by atoms with Gasteiger partial charge in [0.2, 0.25) is 0 Å². The van der Waals surface area contributed by atoms with Crippen molar-refractivity contribution in [2.75, 3.05) is 39.8 Å². The van der Waals surface area contributed by atoms with Crippen LogP contribution in [0.2, 0.25) is 10.0 Å². The predicted octanol–water partition coefficient (Wildman–Crippen LogP) is 3.40. The molecule has 0 aromatic heterocycles. The predicted molar refractivity (Wildman–Crippen MR) is 110 cm³/mol. The lowest BCUT2D eigenvalue weighted by atomic mass is 10.1. The van der Waals surface area contributed by atoms with E-state index in [9.17, 15) is 0 Å². The van der Waals surface area contributed by atoms with Crippen molar-refractivity contribution >= 4 is 47.2 Å². The fourth-order valence-corrected chi connectivity index (χ4v) is 3.44. The molecule has 1 aromatic rings. The van der Waals surface area contributed by atoms with E-state index in [1.807, 2.05) is 18.2 Å². The number of likely N-dealkylation sites (N-methyl/N-ethyl adjacent to an activating group) is 2. The second-order valence-corrected chi connectivity index (χ2v) is 6.48. The van der Waals surface area contributed by atoms with Crippen LogP contribution in [-0.4, -0.2) is 55.9 Å². The largest absolute Gasteiger partial charge is 0.303 e. The molecular formula is C16H27Cl2IN4. The molecule has 2 N–H and O–H groups in total. The molecule has 132 valence electrons. The van der Waals surface area contributed by atoms with Crippen molar-refractivity contribution in [1.29, 1.82) is 0 Å². The van der Waals surface area contributed by atoms with Gasteiger partial charge in [-0.05, 0) is 37.8 Å². The van der Waals surface area contributed by atoms with Crippen molar-refractivity contribution in [3.63, 3.8) is 0 Å². The van der Waals surface area contributed by atoms with Crippen LogP contribution in [0.5, 0.6) is 0 Å². The molecule has 1 aromatic carbocycles. The minimum atomic E-state index is 0. The zero-order chi connectivity index (χ0) is 16.1. The molecule has 0 amide bonds. The summed E-state index contributed by atoms with van der Waals surface area (Å²) in [6, 6.07) is 5.99. The number of benzene rings is 1. The van der Waals surface area contributed by atoms with Crippen LogP contribution in [0, 0.1) is 0 Å². The smallest absolute Gasteiger partial charge is 0.114 e. The summed E-state index contributed by atoms with van der Waals surface area (Å²) in [6.07, 6.45) is 0.173. The van der Waals surface area contributed by atoms with E-state index in [-0.39, 0.29) is 36.3 Å². The first-order valence-electron chi connectivity index (χ1n) is 7.92. The standard InChI is InChI=1S/C16H26Cl2N4.HI/c1-4-22(5-2)9-8-19-16-20-11-15(21(16)3)13-7-6-12(17)10-14(13)18;/h6-7,10,15-16,19-20H,4-5,8-9,11H2,1-3H3;1H. The first kappa shape index (κ1) is 21.4. The van der Waals surface area contributed by atoms with Gasteiger partial charge >= 0.3 is 0 Å². The molecule has 1 aliphatic rings. The Morgan fingerprint density at radius 1 is 1.30 bits per heavy atom. The van der Waals surface area contributed by atoms with Gasteiger partial charge in [-0.15, -0.1) is 24.0 Å². The van der Waals surface area contributed by atoms with Crippen LogP contribution >= 0.6 is 47.2 Å². The molecule has 0 radical (unpaired) electrons. The van der Waals surface area contributed by atoms with E-state index in [0.29, 0.717) is 5.02 Å². The number of nitrogens with one attached hydrogen (secondary N) is 2. The molecule has 1 aliphatic heterocycles. The quantitative estimate of drug-likeness (QED) is 0.595. The molecule has 0 bridgehead atoms. The highest BCUT2D eigenvalue weighted by molar-refractivity contribution is 14.0. The lowest BCUT2D eigenvalue weighted by Crippen LogP contribution is -2.48. The summed E-state index contributed by atoms with van der Waals surface area (Å²) < 4.78 is 0. The number of hydrogen-bond donors (Lipinski definition) is 2. The minimum absolute atomic E-state index is 0. The number of nitrogens with zero attached hydrogens (tertiary/aromatic N) is 2. The molecule has 0 saturated carbocycles. The molecule has 4 nitrogen and oxygen atoms in total. The van der Waals surface area contributed by atoms with Crippen molar-refractivity contribution < 1.29 is 0 Å². The molecule has 2 rings (SSSR count).